The molecule has 0 aromatic carbocycles. The van der Waals surface area contributed by atoms with Crippen molar-refractivity contribution < 1.29 is 9.59 Å². The third-order valence-electron chi connectivity index (χ3n) is 5.07. The van der Waals surface area contributed by atoms with E-state index in [0.29, 0.717) is 18.0 Å². The summed E-state index contributed by atoms with van der Waals surface area (Å²) in [5.41, 5.74) is 0.601. The van der Waals surface area contributed by atoms with Gasteiger partial charge in [0.15, 0.2) is 0 Å². The molecule has 0 spiro atoms. The Morgan fingerprint density at radius 1 is 1.33 bits per heavy atom. The zero-order chi connectivity index (χ0) is 14.6. The minimum atomic E-state index is 0.00331. The molecule has 0 unspecified atom stereocenters. The summed E-state index contributed by atoms with van der Waals surface area (Å²) >= 11 is 0. The van der Waals surface area contributed by atoms with Crippen molar-refractivity contribution in [1.82, 2.24) is 19.6 Å². The van der Waals surface area contributed by atoms with Crippen molar-refractivity contribution in [3.05, 3.63) is 18.0 Å². The van der Waals surface area contributed by atoms with Crippen LogP contribution in [0, 0.1) is 5.92 Å². The molecule has 4 rings (SSSR count). The van der Waals surface area contributed by atoms with Crippen molar-refractivity contribution in [1.29, 1.82) is 0 Å². The first-order chi connectivity index (χ1) is 10.1. The minimum Gasteiger partial charge on any atom is -0.337 e. The Labute approximate surface area is 123 Å². The molecule has 3 heterocycles. The third-order valence-corrected chi connectivity index (χ3v) is 5.07. The van der Waals surface area contributed by atoms with Crippen LogP contribution >= 0.6 is 0 Å². The highest BCUT2D eigenvalue weighted by molar-refractivity contribution is 5.94. The maximum atomic E-state index is 12.7. The van der Waals surface area contributed by atoms with Gasteiger partial charge in [0.05, 0.1) is 12.1 Å². The maximum absolute atomic E-state index is 12.7. The molecule has 1 aliphatic carbocycles. The summed E-state index contributed by atoms with van der Waals surface area (Å²) in [5, 5.41) is 4.06. The second-order valence-corrected chi connectivity index (χ2v) is 6.46. The molecule has 2 atom stereocenters. The molecule has 0 radical (unpaired) electrons. The minimum absolute atomic E-state index is 0.00331. The average molecular weight is 288 g/mol. The third kappa shape index (κ3) is 2.04. The van der Waals surface area contributed by atoms with E-state index in [1.807, 2.05) is 9.80 Å². The van der Waals surface area contributed by atoms with Crippen LogP contribution in [-0.4, -0.2) is 56.6 Å². The van der Waals surface area contributed by atoms with Gasteiger partial charge in [-0.15, -0.1) is 0 Å². The number of amides is 2. The summed E-state index contributed by atoms with van der Waals surface area (Å²) in [5.74, 6) is 0.928. The number of rotatable bonds is 3. The fourth-order valence-corrected chi connectivity index (χ4v) is 3.73. The second-order valence-electron chi connectivity index (χ2n) is 6.46. The quantitative estimate of drug-likeness (QED) is 0.820. The van der Waals surface area contributed by atoms with Crippen molar-refractivity contribution in [3.8, 4) is 0 Å². The predicted molar refractivity (Wildman–Crippen MR) is 75.5 cm³/mol. The number of nitrogens with zero attached hydrogens (tertiary/aromatic N) is 4. The first kappa shape index (κ1) is 12.9. The van der Waals surface area contributed by atoms with Gasteiger partial charge in [0.1, 0.15) is 5.69 Å². The summed E-state index contributed by atoms with van der Waals surface area (Å²) in [6.45, 7) is 1.64. The molecule has 0 bridgehead atoms. The van der Waals surface area contributed by atoms with Gasteiger partial charge in [-0.1, -0.05) is 0 Å². The Kier molecular flexibility index (Phi) is 2.80. The van der Waals surface area contributed by atoms with Crippen LogP contribution in [0.4, 0.5) is 0 Å². The Morgan fingerprint density at radius 2 is 2.14 bits per heavy atom. The summed E-state index contributed by atoms with van der Waals surface area (Å²) in [4.78, 5) is 28.8. The molecular formula is C15H20N4O2. The van der Waals surface area contributed by atoms with E-state index in [2.05, 4.69) is 5.10 Å². The number of carbonyl (C=O) groups excluding carboxylic acids is 2. The number of aryl methyl sites for hydroxylation is 1. The van der Waals surface area contributed by atoms with Gasteiger partial charge in [0.25, 0.3) is 5.91 Å². The number of carbonyl (C=O) groups is 2. The lowest BCUT2D eigenvalue weighted by Gasteiger charge is -2.25. The van der Waals surface area contributed by atoms with Gasteiger partial charge in [-0.05, 0) is 31.2 Å². The Balaban J connectivity index is 1.53. The molecule has 21 heavy (non-hydrogen) atoms. The zero-order valence-corrected chi connectivity index (χ0v) is 12.2. The van der Waals surface area contributed by atoms with Gasteiger partial charge in [-0.3, -0.25) is 14.3 Å². The molecule has 0 N–H and O–H groups in total. The molecule has 2 saturated heterocycles. The van der Waals surface area contributed by atoms with E-state index in [1.165, 1.54) is 12.8 Å². The molecule has 2 amide bonds. The van der Waals surface area contributed by atoms with Crippen LogP contribution in [0.3, 0.4) is 0 Å². The number of aromatic nitrogens is 2. The Bertz CT molecular complexity index is 592. The molecule has 6 nitrogen and oxygen atoms in total. The molecular weight excluding hydrogens is 268 g/mol. The van der Waals surface area contributed by atoms with E-state index in [0.717, 1.165) is 19.5 Å². The van der Waals surface area contributed by atoms with Crippen molar-refractivity contribution in [2.45, 2.75) is 37.8 Å². The monoisotopic (exact) mass is 288 g/mol. The number of hydrogen-bond acceptors (Lipinski definition) is 3. The van der Waals surface area contributed by atoms with E-state index in [4.69, 9.17) is 0 Å². The largest absolute Gasteiger partial charge is 0.337 e. The van der Waals surface area contributed by atoms with Crippen LogP contribution in [-0.2, 0) is 11.8 Å². The maximum Gasteiger partial charge on any atom is 0.272 e. The van der Waals surface area contributed by atoms with Crippen molar-refractivity contribution >= 4 is 11.8 Å². The lowest BCUT2D eigenvalue weighted by Crippen LogP contribution is -2.41. The van der Waals surface area contributed by atoms with E-state index in [-0.39, 0.29) is 23.9 Å². The second kappa shape index (κ2) is 4.58. The highest BCUT2D eigenvalue weighted by Crippen LogP contribution is 2.37. The highest BCUT2D eigenvalue weighted by atomic mass is 16.2. The smallest absolute Gasteiger partial charge is 0.272 e. The number of hydrogen-bond donors (Lipinski definition) is 0. The van der Waals surface area contributed by atoms with Gasteiger partial charge in [0, 0.05) is 32.8 Å². The number of likely N-dealkylation sites (tertiary alicyclic amines) is 2. The van der Waals surface area contributed by atoms with E-state index in [1.54, 1.807) is 24.0 Å². The SMILES string of the molecule is Cn1nccc1C(=O)N1CC[C@H]2[C@@H]1CC(=O)N2CC1CC1. The molecule has 1 aromatic heterocycles. The molecule has 6 heteroatoms. The van der Waals surface area contributed by atoms with Crippen molar-refractivity contribution in [2.24, 2.45) is 13.0 Å². The zero-order valence-electron chi connectivity index (χ0n) is 12.2. The first-order valence-electron chi connectivity index (χ1n) is 7.73. The molecule has 3 fully saturated rings. The standard InChI is InChI=1S/C15H20N4O2/c1-17-12(4-6-16-17)15(21)18-7-5-11-13(18)8-14(20)19(11)9-10-2-3-10/h4,6,10-11,13H,2-3,5,7-9H2,1H3/t11-,13-/m0/s1. The van der Waals surface area contributed by atoms with Crippen LogP contribution in [0.5, 0.6) is 0 Å². The van der Waals surface area contributed by atoms with Gasteiger partial charge < -0.3 is 9.80 Å². The van der Waals surface area contributed by atoms with Crippen molar-refractivity contribution in [3.63, 3.8) is 0 Å². The van der Waals surface area contributed by atoms with Gasteiger partial charge in [0.2, 0.25) is 5.91 Å². The van der Waals surface area contributed by atoms with E-state index < -0.39 is 0 Å². The topological polar surface area (TPSA) is 58.4 Å². The molecule has 112 valence electrons. The lowest BCUT2D eigenvalue weighted by atomic mass is 10.1. The van der Waals surface area contributed by atoms with Crippen LogP contribution in [0.1, 0.15) is 36.2 Å². The Morgan fingerprint density at radius 3 is 2.81 bits per heavy atom. The summed E-state index contributed by atoms with van der Waals surface area (Å²) < 4.78 is 1.61. The van der Waals surface area contributed by atoms with Crippen LogP contribution in [0.2, 0.25) is 0 Å². The normalized spacial score (nSPS) is 28.3. The van der Waals surface area contributed by atoms with E-state index in [9.17, 15) is 9.59 Å². The van der Waals surface area contributed by atoms with Gasteiger partial charge in [-0.25, -0.2) is 0 Å². The predicted octanol–water partition coefficient (Wildman–Crippen LogP) is 0.645. The van der Waals surface area contributed by atoms with Gasteiger partial charge >= 0.3 is 0 Å². The van der Waals surface area contributed by atoms with Gasteiger partial charge in [-0.2, -0.15) is 5.10 Å². The van der Waals surface area contributed by atoms with Crippen LogP contribution in [0.15, 0.2) is 12.3 Å². The van der Waals surface area contributed by atoms with Crippen LogP contribution < -0.4 is 0 Å². The summed E-state index contributed by atoms with van der Waals surface area (Å²) in [7, 11) is 1.78. The highest BCUT2D eigenvalue weighted by Gasteiger charge is 2.49. The van der Waals surface area contributed by atoms with E-state index >= 15 is 0 Å². The first-order valence-corrected chi connectivity index (χ1v) is 7.73. The fourth-order valence-electron chi connectivity index (χ4n) is 3.73. The average Bonchev–Trinajstić information content (AvgIpc) is 2.90. The molecule has 3 aliphatic rings. The fraction of sp³-hybridized carbons (Fsp3) is 0.667. The number of fused-ring (bicyclic) bond motifs is 1. The summed E-state index contributed by atoms with van der Waals surface area (Å²) in [6, 6.07) is 2.03. The van der Waals surface area contributed by atoms with Crippen LogP contribution in [0.25, 0.3) is 0 Å². The molecule has 2 aliphatic heterocycles. The summed E-state index contributed by atoms with van der Waals surface area (Å²) in [6.07, 6.45) is 5.53. The Hall–Kier alpha value is -1.85. The molecule has 1 aromatic rings. The molecule has 1 saturated carbocycles. The van der Waals surface area contributed by atoms with Crippen molar-refractivity contribution in [2.75, 3.05) is 13.1 Å². The lowest BCUT2D eigenvalue weighted by molar-refractivity contribution is -0.129.